The van der Waals surface area contributed by atoms with Crippen molar-refractivity contribution in [3.8, 4) is 11.5 Å². The number of benzene rings is 2. The zero-order valence-electron chi connectivity index (χ0n) is 17.6. The van der Waals surface area contributed by atoms with E-state index < -0.39 is 6.04 Å². The first-order valence-corrected chi connectivity index (χ1v) is 10.1. The van der Waals surface area contributed by atoms with Gasteiger partial charge in [-0.15, -0.1) is 0 Å². The molecule has 1 aliphatic heterocycles. The van der Waals surface area contributed by atoms with E-state index in [-0.39, 0.29) is 5.97 Å². The van der Waals surface area contributed by atoms with Crippen molar-refractivity contribution >= 4 is 23.3 Å². The second-order valence-corrected chi connectivity index (χ2v) is 7.23. The minimum absolute atomic E-state index is 0.298. The Labute approximate surface area is 182 Å². The van der Waals surface area contributed by atoms with Gasteiger partial charge < -0.3 is 24.4 Å². The molecular formula is C23H26N2O4S. The van der Waals surface area contributed by atoms with Gasteiger partial charge in [0.1, 0.15) is 6.61 Å². The average Bonchev–Trinajstić information content (AvgIpc) is 2.76. The summed E-state index contributed by atoms with van der Waals surface area (Å²) in [6, 6.07) is 15.1. The smallest absolute Gasteiger partial charge is 0.338 e. The van der Waals surface area contributed by atoms with Crippen LogP contribution in [0.15, 0.2) is 59.8 Å². The van der Waals surface area contributed by atoms with E-state index in [4.69, 9.17) is 26.4 Å². The summed E-state index contributed by atoms with van der Waals surface area (Å²) in [5, 5.41) is 3.77. The Morgan fingerprint density at radius 3 is 2.57 bits per heavy atom. The van der Waals surface area contributed by atoms with E-state index in [9.17, 15) is 4.79 Å². The van der Waals surface area contributed by atoms with Crippen molar-refractivity contribution in [1.29, 1.82) is 0 Å². The van der Waals surface area contributed by atoms with Crippen LogP contribution in [0.5, 0.6) is 11.5 Å². The van der Waals surface area contributed by atoms with Gasteiger partial charge in [0, 0.05) is 12.7 Å². The molecule has 1 heterocycles. The highest BCUT2D eigenvalue weighted by Crippen LogP contribution is 2.36. The Morgan fingerprint density at radius 1 is 1.17 bits per heavy atom. The highest BCUT2D eigenvalue weighted by molar-refractivity contribution is 7.80. The van der Waals surface area contributed by atoms with Gasteiger partial charge in [-0.05, 0) is 49.3 Å². The molecule has 1 N–H and O–H groups in total. The maximum absolute atomic E-state index is 12.7. The Kier molecular flexibility index (Phi) is 6.95. The molecule has 0 saturated heterocycles. The van der Waals surface area contributed by atoms with E-state index in [2.05, 4.69) is 5.32 Å². The number of ether oxygens (including phenoxy) is 3. The van der Waals surface area contributed by atoms with Gasteiger partial charge in [0.25, 0.3) is 0 Å². The third kappa shape index (κ3) is 4.57. The highest BCUT2D eigenvalue weighted by atomic mass is 32.1. The van der Waals surface area contributed by atoms with Crippen LogP contribution in [0, 0.1) is 0 Å². The standard InChI is InChI=1S/C23H26N2O4S/c1-5-28-22(26)20-15(2)25(3)23(30)24-21(20)17-11-12-18(19(13-17)27-4)29-14-16-9-7-6-8-10-16/h6-13,21H,5,14H2,1-4H3,(H,24,30). The van der Waals surface area contributed by atoms with Crippen LogP contribution in [0.2, 0.25) is 0 Å². The Balaban J connectivity index is 1.91. The van der Waals surface area contributed by atoms with Crippen molar-refractivity contribution in [2.75, 3.05) is 20.8 Å². The predicted molar refractivity (Wildman–Crippen MR) is 119 cm³/mol. The molecule has 0 bridgehead atoms. The molecule has 7 heteroatoms. The van der Waals surface area contributed by atoms with Gasteiger partial charge in [-0.3, -0.25) is 0 Å². The Bertz CT molecular complexity index is 959. The minimum atomic E-state index is -0.440. The molecule has 1 atom stereocenters. The summed E-state index contributed by atoms with van der Waals surface area (Å²) >= 11 is 5.44. The number of esters is 1. The number of hydrogen-bond donors (Lipinski definition) is 1. The number of thiocarbonyl (C=S) groups is 1. The number of rotatable bonds is 7. The summed E-state index contributed by atoms with van der Waals surface area (Å²) < 4.78 is 16.8. The van der Waals surface area contributed by atoms with E-state index in [0.29, 0.717) is 35.4 Å². The van der Waals surface area contributed by atoms with Crippen LogP contribution in [0.25, 0.3) is 0 Å². The van der Waals surface area contributed by atoms with Crippen LogP contribution in [0.1, 0.15) is 31.0 Å². The summed E-state index contributed by atoms with van der Waals surface area (Å²) in [5.74, 6) is 0.833. The van der Waals surface area contributed by atoms with E-state index in [1.165, 1.54) is 0 Å². The van der Waals surface area contributed by atoms with Crippen LogP contribution >= 0.6 is 12.2 Å². The van der Waals surface area contributed by atoms with Gasteiger partial charge in [-0.2, -0.15) is 0 Å². The fourth-order valence-electron chi connectivity index (χ4n) is 3.28. The molecule has 0 radical (unpaired) electrons. The first-order chi connectivity index (χ1) is 14.5. The van der Waals surface area contributed by atoms with Gasteiger partial charge in [0.15, 0.2) is 16.6 Å². The van der Waals surface area contributed by atoms with Crippen molar-refractivity contribution < 1.29 is 19.0 Å². The molecule has 158 valence electrons. The zero-order chi connectivity index (χ0) is 21.7. The molecule has 1 unspecified atom stereocenters. The van der Waals surface area contributed by atoms with Crippen molar-refractivity contribution in [2.45, 2.75) is 26.5 Å². The fraction of sp³-hybridized carbons (Fsp3) is 0.304. The van der Waals surface area contributed by atoms with E-state index in [1.54, 1.807) is 18.9 Å². The van der Waals surface area contributed by atoms with Crippen LogP contribution < -0.4 is 14.8 Å². The number of carbonyl (C=O) groups is 1. The predicted octanol–water partition coefficient (Wildman–Crippen LogP) is 3.97. The minimum Gasteiger partial charge on any atom is -0.493 e. The SMILES string of the molecule is CCOC(=O)C1=C(C)N(C)C(=S)NC1c1ccc(OCc2ccccc2)c(OC)c1. The molecular weight excluding hydrogens is 400 g/mol. The maximum Gasteiger partial charge on any atom is 0.338 e. The van der Waals surface area contributed by atoms with E-state index >= 15 is 0 Å². The van der Waals surface area contributed by atoms with Gasteiger partial charge in [0.05, 0.1) is 25.3 Å². The molecule has 2 aromatic carbocycles. The van der Waals surface area contributed by atoms with Crippen LogP contribution in [0.3, 0.4) is 0 Å². The Morgan fingerprint density at radius 2 is 1.90 bits per heavy atom. The zero-order valence-corrected chi connectivity index (χ0v) is 18.4. The second-order valence-electron chi connectivity index (χ2n) is 6.85. The topological polar surface area (TPSA) is 60.0 Å². The van der Waals surface area contributed by atoms with Crippen molar-refractivity contribution in [2.24, 2.45) is 0 Å². The van der Waals surface area contributed by atoms with Crippen molar-refractivity contribution in [1.82, 2.24) is 10.2 Å². The van der Waals surface area contributed by atoms with Crippen LogP contribution in [0.4, 0.5) is 0 Å². The van der Waals surface area contributed by atoms with Gasteiger partial charge in [-0.1, -0.05) is 36.4 Å². The molecule has 1 aliphatic rings. The molecule has 0 aromatic heterocycles. The van der Waals surface area contributed by atoms with Crippen LogP contribution in [-0.4, -0.2) is 36.7 Å². The van der Waals surface area contributed by atoms with Gasteiger partial charge >= 0.3 is 5.97 Å². The number of nitrogens with zero attached hydrogens (tertiary/aromatic N) is 1. The third-order valence-electron chi connectivity index (χ3n) is 5.01. The summed E-state index contributed by atoms with van der Waals surface area (Å²) in [4.78, 5) is 14.4. The quantitative estimate of drug-likeness (QED) is 0.531. The summed E-state index contributed by atoms with van der Waals surface area (Å²) in [7, 11) is 3.41. The maximum atomic E-state index is 12.7. The number of nitrogens with one attached hydrogen (secondary N) is 1. The van der Waals surface area contributed by atoms with E-state index in [1.807, 2.05) is 62.5 Å². The summed E-state index contributed by atoms with van der Waals surface area (Å²) in [6.45, 7) is 4.38. The molecule has 0 amide bonds. The molecule has 0 saturated carbocycles. The fourth-order valence-corrected chi connectivity index (χ4v) is 3.53. The lowest BCUT2D eigenvalue weighted by atomic mass is 9.95. The lowest BCUT2D eigenvalue weighted by Crippen LogP contribution is -2.46. The summed E-state index contributed by atoms with van der Waals surface area (Å²) in [5.41, 5.74) is 3.17. The molecule has 0 fully saturated rings. The van der Waals surface area contributed by atoms with Gasteiger partial charge in [0.2, 0.25) is 0 Å². The number of hydrogen-bond acceptors (Lipinski definition) is 5. The lowest BCUT2D eigenvalue weighted by Gasteiger charge is -2.35. The van der Waals surface area contributed by atoms with E-state index in [0.717, 1.165) is 16.8 Å². The lowest BCUT2D eigenvalue weighted by molar-refractivity contribution is -0.139. The Hall–Kier alpha value is -3.06. The average molecular weight is 427 g/mol. The van der Waals surface area contributed by atoms with Crippen LogP contribution in [-0.2, 0) is 16.1 Å². The molecule has 30 heavy (non-hydrogen) atoms. The van der Waals surface area contributed by atoms with Crippen molar-refractivity contribution in [3.63, 3.8) is 0 Å². The monoisotopic (exact) mass is 426 g/mol. The third-order valence-corrected chi connectivity index (χ3v) is 5.40. The second kappa shape index (κ2) is 9.63. The first-order valence-electron chi connectivity index (χ1n) is 9.73. The van der Waals surface area contributed by atoms with Gasteiger partial charge in [-0.25, -0.2) is 4.79 Å². The summed E-state index contributed by atoms with van der Waals surface area (Å²) in [6.07, 6.45) is 0. The number of allylic oxidation sites excluding steroid dienone is 1. The normalized spacial score (nSPS) is 16.2. The largest absolute Gasteiger partial charge is 0.493 e. The number of methoxy groups -OCH3 is 1. The molecule has 6 nitrogen and oxygen atoms in total. The molecule has 2 aromatic rings. The molecule has 0 spiro atoms. The number of carbonyl (C=O) groups excluding carboxylic acids is 1. The highest BCUT2D eigenvalue weighted by Gasteiger charge is 2.33. The molecule has 0 aliphatic carbocycles. The first kappa shape index (κ1) is 21.6. The van der Waals surface area contributed by atoms with Crippen molar-refractivity contribution in [3.05, 3.63) is 70.9 Å². The molecule has 3 rings (SSSR count).